The van der Waals surface area contributed by atoms with Crippen LogP contribution in [0.15, 0.2) is 89.3 Å². The lowest BCUT2D eigenvalue weighted by atomic mass is 10.0. The second-order valence-corrected chi connectivity index (χ2v) is 8.12. The van der Waals surface area contributed by atoms with Crippen LogP contribution in [0.5, 0.6) is 5.75 Å². The molecule has 0 bridgehead atoms. The van der Waals surface area contributed by atoms with E-state index in [4.69, 9.17) is 19.1 Å². The minimum absolute atomic E-state index is 0.0554. The highest BCUT2D eigenvalue weighted by Crippen LogP contribution is 2.23. The van der Waals surface area contributed by atoms with Crippen LogP contribution in [0.2, 0.25) is 0 Å². The lowest BCUT2D eigenvalue weighted by Gasteiger charge is -2.18. The maximum absolute atomic E-state index is 11.0. The number of rotatable bonds is 12. The fourth-order valence-electron chi connectivity index (χ4n) is 3.57. The summed E-state index contributed by atoms with van der Waals surface area (Å²) < 4.78 is 11.7. The molecule has 1 atom stereocenters. The third-order valence-corrected chi connectivity index (χ3v) is 5.53. The fourth-order valence-corrected chi connectivity index (χ4v) is 3.57. The second kappa shape index (κ2) is 12.0. The maximum Gasteiger partial charge on any atom is 0.303 e. The maximum atomic E-state index is 11.0. The van der Waals surface area contributed by atoms with Crippen LogP contribution in [0.1, 0.15) is 41.5 Å². The summed E-state index contributed by atoms with van der Waals surface area (Å²) in [4.78, 5) is 21.3. The number of carbonyl (C=O) groups is 1. The van der Waals surface area contributed by atoms with E-state index in [1.54, 1.807) is 0 Å². The summed E-state index contributed by atoms with van der Waals surface area (Å²) in [5.41, 5.74) is 6.64. The van der Waals surface area contributed by atoms with Crippen LogP contribution >= 0.6 is 0 Å². The minimum Gasteiger partial charge on any atom is -0.487 e. The number of aryl methyl sites for hydroxylation is 1. The largest absolute Gasteiger partial charge is 0.487 e. The molecular weight excluding hydrogens is 444 g/mol. The van der Waals surface area contributed by atoms with Crippen LogP contribution in [0, 0.1) is 6.92 Å². The lowest BCUT2D eigenvalue weighted by Crippen LogP contribution is -2.22. The van der Waals surface area contributed by atoms with Gasteiger partial charge in [0.05, 0.1) is 12.6 Å². The van der Waals surface area contributed by atoms with Crippen molar-refractivity contribution in [2.75, 3.05) is 0 Å². The molecular formula is C28H28N2O5. The number of nitrogens with zero attached hydrogens (tertiary/aromatic N) is 1. The van der Waals surface area contributed by atoms with Crippen molar-refractivity contribution in [1.29, 1.82) is 0 Å². The summed E-state index contributed by atoms with van der Waals surface area (Å²) in [6.07, 6.45) is 0.485. The molecule has 4 rings (SSSR count). The zero-order valence-corrected chi connectivity index (χ0v) is 19.5. The van der Waals surface area contributed by atoms with Crippen molar-refractivity contribution in [3.05, 3.63) is 108 Å². The van der Waals surface area contributed by atoms with E-state index < -0.39 is 5.97 Å². The van der Waals surface area contributed by atoms with E-state index in [0.29, 0.717) is 31.3 Å². The van der Waals surface area contributed by atoms with Gasteiger partial charge in [-0.15, -0.1) is 0 Å². The van der Waals surface area contributed by atoms with Crippen molar-refractivity contribution in [1.82, 2.24) is 10.5 Å². The van der Waals surface area contributed by atoms with Gasteiger partial charge >= 0.3 is 5.97 Å². The van der Waals surface area contributed by atoms with Gasteiger partial charge in [0.2, 0.25) is 5.89 Å². The van der Waals surface area contributed by atoms with Crippen LogP contribution < -0.4 is 10.2 Å². The van der Waals surface area contributed by atoms with Gasteiger partial charge in [-0.3, -0.25) is 9.63 Å². The molecule has 1 heterocycles. The molecule has 0 saturated carbocycles. The van der Waals surface area contributed by atoms with E-state index in [9.17, 15) is 4.79 Å². The van der Waals surface area contributed by atoms with Gasteiger partial charge in [0, 0.05) is 12.0 Å². The van der Waals surface area contributed by atoms with Gasteiger partial charge < -0.3 is 14.3 Å². The van der Waals surface area contributed by atoms with Gasteiger partial charge in [0.15, 0.2) is 0 Å². The third kappa shape index (κ3) is 7.02. The number of carboxylic acid groups (broad SMARTS) is 1. The molecule has 2 N–H and O–H groups in total. The van der Waals surface area contributed by atoms with Crippen LogP contribution in [-0.4, -0.2) is 16.1 Å². The average Bonchev–Trinajstić information content (AvgIpc) is 3.27. The molecule has 3 aromatic carbocycles. The Balaban J connectivity index is 1.28. The molecule has 180 valence electrons. The Morgan fingerprint density at radius 1 is 0.971 bits per heavy atom. The molecule has 0 amide bonds. The van der Waals surface area contributed by atoms with E-state index in [1.807, 2.05) is 91.9 Å². The molecule has 0 saturated heterocycles. The Morgan fingerprint density at radius 2 is 1.66 bits per heavy atom. The highest BCUT2D eigenvalue weighted by atomic mass is 16.6. The molecule has 0 aliphatic carbocycles. The van der Waals surface area contributed by atoms with E-state index in [-0.39, 0.29) is 12.5 Å². The molecule has 35 heavy (non-hydrogen) atoms. The number of ether oxygens (including phenoxy) is 1. The average molecular weight is 473 g/mol. The molecule has 1 aromatic heterocycles. The van der Waals surface area contributed by atoms with Crippen molar-refractivity contribution >= 4 is 5.97 Å². The first-order valence-corrected chi connectivity index (χ1v) is 11.5. The summed E-state index contributed by atoms with van der Waals surface area (Å²) in [5.74, 6) is 1.20. The normalized spacial score (nSPS) is 11.8. The Kier molecular flexibility index (Phi) is 8.27. The fraction of sp³-hybridized carbons (Fsp3) is 0.214. The summed E-state index contributed by atoms with van der Waals surface area (Å²) >= 11 is 0. The van der Waals surface area contributed by atoms with E-state index >= 15 is 0 Å². The second-order valence-electron chi connectivity index (χ2n) is 8.12. The van der Waals surface area contributed by atoms with Gasteiger partial charge in [0.1, 0.15) is 23.8 Å². The Hall–Kier alpha value is -3.94. The number of aromatic nitrogens is 1. The summed E-state index contributed by atoms with van der Waals surface area (Å²) in [6.45, 7) is 2.52. The zero-order chi connectivity index (χ0) is 24.5. The monoisotopic (exact) mass is 472 g/mol. The number of hydrogen-bond donors (Lipinski definition) is 2. The van der Waals surface area contributed by atoms with Crippen LogP contribution in [-0.2, 0) is 22.8 Å². The van der Waals surface area contributed by atoms with Crippen molar-refractivity contribution in [2.24, 2.45) is 0 Å². The molecule has 0 aliphatic heterocycles. The lowest BCUT2D eigenvalue weighted by molar-refractivity contribution is -0.137. The van der Waals surface area contributed by atoms with Gasteiger partial charge in [0.25, 0.3) is 0 Å². The van der Waals surface area contributed by atoms with Crippen LogP contribution in [0.25, 0.3) is 11.5 Å². The summed E-state index contributed by atoms with van der Waals surface area (Å²) in [7, 11) is 0. The van der Waals surface area contributed by atoms with Crippen molar-refractivity contribution in [3.8, 4) is 17.2 Å². The highest BCUT2D eigenvalue weighted by molar-refractivity contribution is 5.66. The quantitative estimate of drug-likeness (QED) is 0.250. The van der Waals surface area contributed by atoms with E-state index in [2.05, 4.69) is 10.5 Å². The first-order valence-electron chi connectivity index (χ1n) is 11.5. The number of benzene rings is 3. The van der Waals surface area contributed by atoms with E-state index in [0.717, 1.165) is 28.1 Å². The van der Waals surface area contributed by atoms with Crippen molar-refractivity contribution in [3.63, 3.8) is 0 Å². The molecule has 0 aliphatic rings. The van der Waals surface area contributed by atoms with Gasteiger partial charge in [-0.25, -0.2) is 4.98 Å². The van der Waals surface area contributed by atoms with Gasteiger partial charge in [-0.2, -0.15) is 5.48 Å². The topological polar surface area (TPSA) is 93.8 Å². The molecule has 7 nitrogen and oxygen atoms in total. The smallest absolute Gasteiger partial charge is 0.303 e. The standard InChI is InChI=1S/C28H28N2O5/c1-20-26(29-28(35-20)23-10-6-3-7-11-23)19-33-24-14-12-21(13-15-24)18-34-30-25(16-17-27(31)32)22-8-4-2-5-9-22/h2-15,25,30H,16-19H2,1H3,(H,31,32). The summed E-state index contributed by atoms with van der Waals surface area (Å²) in [5, 5.41) is 9.03. The number of carboxylic acids is 1. The predicted molar refractivity (Wildman–Crippen MR) is 131 cm³/mol. The minimum atomic E-state index is -0.833. The Bertz CT molecular complexity index is 1210. The summed E-state index contributed by atoms with van der Waals surface area (Å²) in [6, 6.07) is 26.9. The molecule has 0 spiro atoms. The first-order chi connectivity index (χ1) is 17.1. The third-order valence-electron chi connectivity index (χ3n) is 5.53. The van der Waals surface area contributed by atoms with Crippen molar-refractivity contribution in [2.45, 2.75) is 39.0 Å². The molecule has 1 unspecified atom stereocenters. The number of hydroxylamine groups is 1. The molecule has 7 heteroatoms. The molecule has 0 fully saturated rings. The molecule has 4 aromatic rings. The van der Waals surface area contributed by atoms with Crippen molar-refractivity contribution < 1.29 is 23.9 Å². The number of aliphatic carboxylic acids is 1. The van der Waals surface area contributed by atoms with E-state index in [1.165, 1.54) is 0 Å². The number of nitrogens with one attached hydrogen (secondary N) is 1. The SMILES string of the molecule is Cc1oc(-c2ccccc2)nc1COc1ccc(CONC(CCC(=O)O)c2ccccc2)cc1. The Labute approximate surface area is 204 Å². The first kappa shape index (κ1) is 24.2. The van der Waals surface area contributed by atoms with Gasteiger partial charge in [-0.05, 0) is 48.7 Å². The van der Waals surface area contributed by atoms with Crippen LogP contribution in [0.3, 0.4) is 0 Å². The number of hydrogen-bond acceptors (Lipinski definition) is 6. The zero-order valence-electron chi connectivity index (χ0n) is 19.5. The molecule has 0 radical (unpaired) electrons. The predicted octanol–water partition coefficient (Wildman–Crippen LogP) is 5.86. The Morgan fingerprint density at radius 3 is 2.34 bits per heavy atom. The van der Waals surface area contributed by atoms with Crippen LogP contribution in [0.4, 0.5) is 0 Å². The number of oxazole rings is 1. The highest BCUT2D eigenvalue weighted by Gasteiger charge is 2.14. The van der Waals surface area contributed by atoms with Gasteiger partial charge in [-0.1, -0.05) is 60.7 Å².